The molecule has 3 heterocycles. The van der Waals surface area contributed by atoms with Gasteiger partial charge in [0.15, 0.2) is 5.76 Å². The summed E-state index contributed by atoms with van der Waals surface area (Å²) in [5.74, 6) is -0.156. The largest absolute Gasteiger partial charge is 0.478 e. The molecular formula is C15H15N3O4. The van der Waals surface area contributed by atoms with E-state index in [1.54, 1.807) is 23.1 Å². The van der Waals surface area contributed by atoms with Gasteiger partial charge in [0.1, 0.15) is 5.82 Å². The monoisotopic (exact) mass is 301 g/mol. The van der Waals surface area contributed by atoms with Gasteiger partial charge in [0, 0.05) is 32.4 Å². The number of aromatic nitrogens is 1. The van der Waals surface area contributed by atoms with E-state index in [1.165, 1.54) is 18.5 Å². The lowest BCUT2D eigenvalue weighted by Crippen LogP contribution is -2.49. The molecule has 2 aromatic heterocycles. The maximum absolute atomic E-state index is 12.2. The van der Waals surface area contributed by atoms with E-state index in [2.05, 4.69) is 4.98 Å². The number of carbonyl (C=O) groups excluding carboxylic acids is 1. The number of rotatable bonds is 3. The Hall–Kier alpha value is -2.83. The van der Waals surface area contributed by atoms with E-state index in [-0.39, 0.29) is 11.5 Å². The molecule has 114 valence electrons. The molecule has 1 saturated heterocycles. The van der Waals surface area contributed by atoms with Crippen LogP contribution < -0.4 is 4.90 Å². The molecule has 7 heteroatoms. The molecule has 0 atom stereocenters. The van der Waals surface area contributed by atoms with E-state index in [1.807, 2.05) is 4.90 Å². The lowest BCUT2D eigenvalue weighted by Gasteiger charge is -2.35. The van der Waals surface area contributed by atoms with Gasteiger partial charge in [-0.05, 0) is 24.3 Å². The Balaban J connectivity index is 1.65. The lowest BCUT2D eigenvalue weighted by atomic mass is 10.2. The maximum atomic E-state index is 12.2. The van der Waals surface area contributed by atoms with Crippen molar-refractivity contribution in [3.63, 3.8) is 0 Å². The molecule has 1 fully saturated rings. The first-order valence-electron chi connectivity index (χ1n) is 6.92. The van der Waals surface area contributed by atoms with E-state index < -0.39 is 5.97 Å². The number of hydrogen-bond donors (Lipinski definition) is 1. The molecule has 2 aromatic rings. The van der Waals surface area contributed by atoms with E-state index >= 15 is 0 Å². The number of nitrogens with zero attached hydrogens (tertiary/aromatic N) is 3. The van der Waals surface area contributed by atoms with Crippen molar-refractivity contribution in [2.45, 2.75) is 0 Å². The van der Waals surface area contributed by atoms with E-state index in [0.717, 1.165) is 0 Å². The standard InChI is InChI=1S/C15H15N3O4/c19-14(12-2-1-9-22-12)18-7-5-17(6-8-18)13-10-11(15(20)21)3-4-16-13/h1-4,9-10H,5-8H2,(H,20,21). The van der Waals surface area contributed by atoms with Crippen molar-refractivity contribution < 1.29 is 19.1 Å². The molecule has 0 radical (unpaired) electrons. The fraction of sp³-hybridized carbons (Fsp3) is 0.267. The molecule has 7 nitrogen and oxygen atoms in total. The van der Waals surface area contributed by atoms with Crippen molar-refractivity contribution in [3.05, 3.63) is 48.0 Å². The molecule has 0 unspecified atom stereocenters. The molecule has 3 rings (SSSR count). The summed E-state index contributed by atoms with van der Waals surface area (Å²) in [6.45, 7) is 2.28. The highest BCUT2D eigenvalue weighted by Gasteiger charge is 2.24. The van der Waals surface area contributed by atoms with Crippen molar-refractivity contribution in [1.82, 2.24) is 9.88 Å². The smallest absolute Gasteiger partial charge is 0.335 e. The van der Waals surface area contributed by atoms with Crippen LogP contribution in [0.2, 0.25) is 0 Å². The Morgan fingerprint density at radius 2 is 1.95 bits per heavy atom. The predicted octanol–water partition coefficient (Wildman–Crippen LogP) is 1.34. The molecule has 1 amide bonds. The number of aromatic carboxylic acids is 1. The highest BCUT2D eigenvalue weighted by atomic mass is 16.4. The van der Waals surface area contributed by atoms with Crippen LogP contribution in [-0.4, -0.2) is 53.0 Å². The first-order valence-corrected chi connectivity index (χ1v) is 6.92. The van der Waals surface area contributed by atoms with Crippen molar-refractivity contribution in [3.8, 4) is 0 Å². The summed E-state index contributed by atoms with van der Waals surface area (Å²) < 4.78 is 5.12. The van der Waals surface area contributed by atoms with Crippen LogP contribution >= 0.6 is 0 Å². The SMILES string of the molecule is O=C(O)c1ccnc(N2CCN(C(=O)c3ccco3)CC2)c1. The van der Waals surface area contributed by atoms with Gasteiger partial charge in [0.25, 0.3) is 5.91 Å². The summed E-state index contributed by atoms with van der Waals surface area (Å²) in [5.41, 5.74) is 0.207. The highest BCUT2D eigenvalue weighted by Crippen LogP contribution is 2.16. The Morgan fingerprint density at radius 1 is 1.18 bits per heavy atom. The van der Waals surface area contributed by atoms with Crippen LogP contribution in [-0.2, 0) is 0 Å². The van der Waals surface area contributed by atoms with Crippen LogP contribution in [0.4, 0.5) is 5.82 Å². The molecule has 0 bridgehead atoms. The highest BCUT2D eigenvalue weighted by molar-refractivity contribution is 5.91. The Morgan fingerprint density at radius 3 is 2.59 bits per heavy atom. The molecule has 0 aliphatic carbocycles. The van der Waals surface area contributed by atoms with Crippen molar-refractivity contribution >= 4 is 17.7 Å². The van der Waals surface area contributed by atoms with Gasteiger partial charge in [-0.15, -0.1) is 0 Å². The van der Waals surface area contributed by atoms with Gasteiger partial charge in [-0.25, -0.2) is 9.78 Å². The summed E-state index contributed by atoms with van der Waals surface area (Å²) in [7, 11) is 0. The normalized spacial score (nSPS) is 14.9. The average molecular weight is 301 g/mol. The lowest BCUT2D eigenvalue weighted by molar-refractivity contribution is 0.0694. The zero-order valence-corrected chi connectivity index (χ0v) is 11.8. The van der Waals surface area contributed by atoms with E-state index in [0.29, 0.717) is 37.8 Å². The van der Waals surface area contributed by atoms with Crippen LogP contribution in [0.3, 0.4) is 0 Å². The number of hydrogen-bond acceptors (Lipinski definition) is 5. The zero-order chi connectivity index (χ0) is 15.5. The van der Waals surface area contributed by atoms with Gasteiger partial charge >= 0.3 is 5.97 Å². The molecular weight excluding hydrogens is 286 g/mol. The van der Waals surface area contributed by atoms with Gasteiger partial charge in [-0.3, -0.25) is 4.79 Å². The average Bonchev–Trinajstić information content (AvgIpc) is 3.09. The van der Waals surface area contributed by atoms with Gasteiger partial charge in [0.05, 0.1) is 11.8 Å². The minimum atomic E-state index is -0.977. The summed E-state index contributed by atoms with van der Waals surface area (Å²) >= 11 is 0. The van der Waals surface area contributed by atoms with Crippen LogP contribution in [0.25, 0.3) is 0 Å². The molecule has 0 spiro atoms. The maximum Gasteiger partial charge on any atom is 0.335 e. The van der Waals surface area contributed by atoms with Gasteiger partial charge in [0.2, 0.25) is 0 Å². The number of carbonyl (C=O) groups is 2. The fourth-order valence-corrected chi connectivity index (χ4v) is 2.42. The number of piperazine rings is 1. The number of pyridine rings is 1. The summed E-state index contributed by atoms with van der Waals surface area (Å²) in [4.78, 5) is 31.1. The molecule has 1 N–H and O–H groups in total. The minimum absolute atomic E-state index is 0.128. The van der Waals surface area contributed by atoms with Crippen molar-refractivity contribution in [2.75, 3.05) is 31.1 Å². The summed E-state index contributed by atoms with van der Waals surface area (Å²) in [6.07, 6.45) is 2.96. The Labute approximate surface area is 126 Å². The quantitative estimate of drug-likeness (QED) is 0.920. The molecule has 1 aliphatic rings. The molecule has 22 heavy (non-hydrogen) atoms. The second-order valence-corrected chi connectivity index (χ2v) is 4.96. The fourth-order valence-electron chi connectivity index (χ4n) is 2.42. The van der Waals surface area contributed by atoms with Crippen LogP contribution in [0.5, 0.6) is 0 Å². The number of anilines is 1. The third kappa shape index (κ3) is 2.78. The second kappa shape index (κ2) is 5.88. The third-order valence-corrected chi connectivity index (χ3v) is 3.62. The topological polar surface area (TPSA) is 86.9 Å². The summed E-state index contributed by atoms with van der Waals surface area (Å²) in [5, 5.41) is 9.02. The van der Waals surface area contributed by atoms with E-state index in [9.17, 15) is 9.59 Å². The molecule has 0 saturated carbocycles. The van der Waals surface area contributed by atoms with Crippen molar-refractivity contribution in [1.29, 1.82) is 0 Å². The number of furan rings is 1. The minimum Gasteiger partial charge on any atom is -0.478 e. The van der Waals surface area contributed by atoms with Crippen LogP contribution in [0, 0.1) is 0 Å². The number of carboxylic acid groups (broad SMARTS) is 1. The first kappa shape index (κ1) is 14.1. The van der Waals surface area contributed by atoms with Crippen LogP contribution in [0.15, 0.2) is 41.1 Å². The molecule has 1 aliphatic heterocycles. The molecule has 0 aromatic carbocycles. The Kier molecular flexibility index (Phi) is 3.78. The predicted molar refractivity (Wildman–Crippen MR) is 78.0 cm³/mol. The van der Waals surface area contributed by atoms with Gasteiger partial charge in [-0.1, -0.05) is 0 Å². The summed E-state index contributed by atoms with van der Waals surface area (Å²) in [6, 6.07) is 6.34. The Bertz CT molecular complexity index is 676. The van der Waals surface area contributed by atoms with Crippen LogP contribution in [0.1, 0.15) is 20.9 Å². The number of carboxylic acids is 1. The van der Waals surface area contributed by atoms with Gasteiger partial charge < -0.3 is 19.3 Å². The second-order valence-electron chi connectivity index (χ2n) is 4.96. The first-order chi connectivity index (χ1) is 10.6. The van der Waals surface area contributed by atoms with Gasteiger partial charge in [-0.2, -0.15) is 0 Å². The number of amides is 1. The van der Waals surface area contributed by atoms with Crippen molar-refractivity contribution in [2.24, 2.45) is 0 Å². The van der Waals surface area contributed by atoms with E-state index in [4.69, 9.17) is 9.52 Å². The third-order valence-electron chi connectivity index (χ3n) is 3.62. The zero-order valence-electron chi connectivity index (χ0n) is 11.8.